The summed E-state index contributed by atoms with van der Waals surface area (Å²) in [5.41, 5.74) is 1.27. The molecule has 2 atom stereocenters. The molecule has 2 unspecified atom stereocenters. The molecular formula is C17H26BrClN2. The van der Waals surface area contributed by atoms with E-state index in [4.69, 9.17) is 11.6 Å². The van der Waals surface area contributed by atoms with E-state index < -0.39 is 0 Å². The first-order valence-corrected chi connectivity index (χ1v) is 9.07. The maximum atomic E-state index is 6.57. The summed E-state index contributed by atoms with van der Waals surface area (Å²) < 4.78 is 1.05. The summed E-state index contributed by atoms with van der Waals surface area (Å²) in [5.74, 6) is 0.610. The Hall–Kier alpha value is -0.0900. The van der Waals surface area contributed by atoms with Crippen LogP contribution in [0.2, 0.25) is 5.02 Å². The molecular weight excluding hydrogens is 348 g/mol. The Balaban J connectivity index is 2.42. The van der Waals surface area contributed by atoms with Crippen molar-refractivity contribution < 1.29 is 0 Å². The van der Waals surface area contributed by atoms with Crippen molar-refractivity contribution in [3.8, 4) is 0 Å². The van der Waals surface area contributed by atoms with Crippen LogP contribution in [-0.2, 0) is 0 Å². The second-order valence-electron chi connectivity index (χ2n) is 6.26. The Kier molecular flexibility index (Phi) is 6.54. The van der Waals surface area contributed by atoms with Gasteiger partial charge in [-0.05, 0) is 70.4 Å². The fraction of sp³-hybridized carbons (Fsp3) is 0.647. The zero-order valence-corrected chi connectivity index (χ0v) is 15.5. The first-order valence-electron chi connectivity index (χ1n) is 7.90. The van der Waals surface area contributed by atoms with E-state index in [2.05, 4.69) is 52.1 Å². The first-order chi connectivity index (χ1) is 10.0. The maximum absolute atomic E-state index is 6.57. The highest BCUT2D eigenvalue weighted by Crippen LogP contribution is 2.39. The minimum absolute atomic E-state index is 0.403. The van der Waals surface area contributed by atoms with E-state index in [-0.39, 0.29) is 0 Å². The van der Waals surface area contributed by atoms with E-state index in [0.29, 0.717) is 18.0 Å². The van der Waals surface area contributed by atoms with Gasteiger partial charge >= 0.3 is 0 Å². The lowest BCUT2D eigenvalue weighted by Crippen LogP contribution is -2.40. The van der Waals surface area contributed by atoms with Crippen LogP contribution in [0.25, 0.3) is 0 Å². The molecule has 0 amide bonds. The maximum Gasteiger partial charge on any atom is 0.0465 e. The molecule has 2 rings (SSSR count). The van der Waals surface area contributed by atoms with Crippen molar-refractivity contribution in [2.75, 3.05) is 20.1 Å². The van der Waals surface area contributed by atoms with Gasteiger partial charge in [-0.3, -0.25) is 4.90 Å². The van der Waals surface area contributed by atoms with Crippen LogP contribution in [0.1, 0.15) is 44.7 Å². The van der Waals surface area contributed by atoms with E-state index in [1.54, 1.807) is 0 Å². The highest BCUT2D eigenvalue weighted by molar-refractivity contribution is 9.10. The van der Waals surface area contributed by atoms with Gasteiger partial charge in [-0.25, -0.2) is 0 Å². The average molecular weight is 374 g/mol. The highest BCUT2D eigenvalue weighted by atomic mass is 79.9. The van der Waals surface area contributed by atoms with Gasteiger partial charge in [-0.1, -0.05) is 40.0 Å². The Morgan fingerprint density at radius 1 is 1.38 bits per heavy atom. The number of hydrogen-bond acceptors (Lipinski definition) is 2. The number of hydrogen-bond donors (Lipinski definition) is 1. The van der Waals surface area contributed by atoms with Gasteiger partial charge in [0.25, 0.3) is 0 Å². The molecule has 1 aliphatic heterocycles. The monoisotopic (exact) mass is 372 g/mol. The van der Waals surface area contributed by atoms with Crippen molar-refractivity contribution in [1.29, 1.82) is 0 Å². The molecule has 1 heterocycles. The van der Waals surface area contributed by atoms with Crippen LogP contribution in [0.4, 0.5) is 0 Å². The average Bonchev–Trinajstić information content (AvgIpc) is 2.62. The normalized spacial score (nSPS) is 24.3. The second-order valence-corrected chi connectivity index (χ2v) is 7.58. The van der Waals surface area contributed by atoms with E-state index in [9.17, 15) is 0 Å². The summed E-state index contributed by atoms with van der Waals surface area (Å²) in [5, 5.41) is 4.25. The molecule has 0 radical (unpaired) electrons. The topological polar surface area (TPSA) is 15.3 Å². The number of likely N-dealkylation sites (tertiary alicyclic amines) is 1. The van der Waals surface area contributed by atoms with E-state index >= 15 is 0 Å². The zero-order valence-electron chi connectivity index (χ0n) is 13.2. The molecule has 1 N–H and O–H groups in total. The SMILES string of the molecule is CNCC1CCCCN(C(C)C)C1c1ccc(Br)cc1Cl. The van der Waals surface area contributed by atoms with Crippen LogP contribution < -0.4 is 5.32 Å². The van der Waals surface area contributed by atoms with E-state index in [1.165, 1.54) is 24.8 Å². The third-order valence-corrected chi connectivity index (χ3v) is 5.28. The molecule has 1 aromatic rings. The van der Waals surface area contributed by atoms with Gasteiger partial charge in [0.15, 0.2) is 0 Å². The Morgan fingerprint density at radius 3 is 2.76 bits per heavy atom. The highest BCUT2D eigenvalue weighted by Gasteiger charge is 2.33. The summed E-state index contributed by atoms with van der Waals surface area (Å²) >= 11 is 10.1. The lowest BCUT2D eigenvalue weighted by atomic mass is 9.88. The molecule has 0 spiro atoms. The molecule has 2 nitrogen and oxygen atoms in total. The van der Waals surface area contributed by atoms with Crippen LogP contribution in [0.15, 0.2) is 22.7 Å². The molecule has 0 saturated carbocycles. The number of nitrogens with one attached hydrogen (secondary N) is 1. The van der Waals surface area contributed by atoms with Gasteiger partial charge in [-0.2, -0.15) is 0 Å². The van der Waals surface area contributed by atoms with E-state index in [0.717, 1.165) is 22.6 Å². The summed E-state index contributed by atoms with van der Waals surface area (Å²) in [7, 11) is 2.05. The Labute approximate surface area is 142 Å². The molecule has 0 bridgehead atoms. The largest absolute Gasteiger partial charge is 0.319 e. The van der Waals surface area contributed by atoms with Crippen LogP contribution in [0.3, 0.4) is 0 Å². The van der Waals surface area contributed by atoms with Gasteiger partial charge in [0.1, 0.15) is 0 Å². The van der Waals surface area contributed by atoms with Crippen LogP contribution in [0.5, 0.6) is 0 Å². The Bertz CT molecular complexity index is 464. The van der Waals surface area contributed by atoms with E-state index in [1.807, 2.05) is 13.1 Å². The Morgan fingerprint density at radius 2 is 2.14 bits per heavy atom. The fourth-order valence-electron chi connectivity index (χ4n) is 3.50. The third-order valence-electron chi connectivity index (χ3n) is 4.46. The van der Waals surface area contributed by atoms with Gasteiger partial charge in [0.05, 0.1) is 0 Å². The molecule has 1 fully saturated rings. The van der Waals surface area contributed by atoms with Crippen LogP contribution in [-0.4, -0.2) is 31.1 Å². The predicted molar refractivity (Wildman–Crippen MR) is 95.0 cm³/mol. The lowest BCUT2D eigenvalue weighted by Gasteiger charge is -2.38. The van der Waals surface area contributed by atoms with Crippen molar-refractivity contribution in [3.05, 3.63) is 33.3 Å². The van der Waals surface area contributed by atoms with Crippen molar-refractivity contribution in [2.45, 2.75) is 45.2 Å². The summed E-state index contributed by atoms with van der Waals surface area (Å²) in [6.45, 7) is 6.79. The quantitative estimate of drug-likeness (QED) is 0.809. The van der Waals surface area contributed by atoms with Crippen LogP contribution >= 0.6 is 27.5 Å². The molecule has 1 saturated heterocycles. The van der Waals surface area contributed by atoms with Gasteiger partial charge < -0.3 is 5.32 Å². The van der Waals surface area contributed by atoms with Crippen molar-refractivity contribution in [2.24, 2.45) is 5.92 Å². The smallest absolute Gasteiger partial charge is 0.0465 e. The van der Waals surface area contributed by atoms with Crippen LogP contribution in [0, 0.1) is 5.92 Å². The third kappa shape index (κ3) is 4.22. The summed E-state index contributed by atoms with van der Waals surface area (Å²) in [4.78, 5) is 2.63. The lowest BCUT2D eigenvalue weighted by molar-refractivity contribution is 0.119. The molecule has 1 aliphatic rings. The summed E-state index contributed by atoms with van der Waals surface area (Å²) in [6, 6.07) is 7.27. The molecule has 0 aromatic heterocycles. The first kappa shape index (κ1) is 17.3. The number of benzene rings is 1. The standard InChI is InChI=1S/C17H26BrClN2/c1-12(2)21-9-5-4-6-13(11-20-3)17(21)15-8-7-14(18)10-16(15)19/h7-8,10,12-13,17,20H,4-6,9,11H2,1-3H3. The molecule has 21 heavy (non-hydrogen) atoms. The number of halogens is 2. The minimum atomic E-state index is 0.403. The molecule has 118 valence electrons. The van der Waals surface area contributed by atoms with Gasteiger partial charge in [0.2, 0.25) is 0 Å². The fourth-order valence-corrected chi connectivity index (χ4v) is 4.28. The number of nitrogens with zero attached hydrogens (tertiary/aromatic N) is 1. The summed E-state index contributed by atoms with van der Waals surface area (Å²) in [6.07, 6.45) is 3.85. The predicted octanol–water partition coefficient (Wildman–Crippen LogP) is 4.87. The van der Waals surface area contributed by atoms with Crippen molar-refractivity contribution in [1.82, 2.24) is 10.2 Å². The molecule has 4 heteroatoms. The van der Waals surface area contributed by atoms with Crippen molar-refractivity contribution >= 4 is 27.5 Å². The molecule has 0 aliphatic carbocycles. The van der Waals surface area contributed by atoms with Crippen molar-refractivity contribution in [3.63, 3.8) is 0 Å². The second kappa shape index (κ2) is 7.96. The molecule has 1 aromatic carbocycles. The minimum Gasteiger partial charge on any atom is -0.319 e. The van der Waals surface area contributed by atoms with Gasteiger partial charge in [0, 0.05) is 21.6 Å². The zero-order chi connectivity index (χ0) is 15.4. The van der Waals surface area contributed by atoms with Gasteiger partial charge in [-0.15, -0.1) is 0 Å². The number of rotatable bonds is 4.